The Morgan fingerprint density at radius 2 is 2.29 bits per heavy atom. The lowest BCUT2D eigenvalue weighted by molar-refractivity contribution is 0.480. The minimum Gasteiger partial charge on any atom is -0.377 e. The summed E-state index contributed by atoms with van der Waals surface area (Å²) in [7, 11) is 0. The summed E-state index contributed by atoms with van der Waals surface area (Å²) in [6.45, 7) is 5.06. The summed E-state index contributed by atoms with van der Waals surface area (Å²) >= 11 is 5.54. The van der Waals surface area contributed by atoms with E-state index in [4.69, 9.17) is 5.73 Å². The van der Waals surface area contributed by atoms with E-state index in [1.54, 1.807) is 0 Å². The topological polar surface area (TPSA) is 38.0 Å². The van der Waals surface area contributed by atoms with Crippen molar-refractivity contribution < 1.29 is 0 Å². The Morgan fingerprint density at radius 3 is 2.82 bits per heavy atom. The van der Waals surface area contributed by atoms with Crippen LogP contribution in [0.15, 0.2) is 22.7 Å². The van der Waals surface area contributed by atoms with Crippen LogP contribution in [0.3, 0.4) is 0 Å². The molecule has 0 aliphatic carbocycles. The van der Waals surface area contributed by atoms with E-state index in [1.807, 2.05) is 11.8 Å². The zero-order chi connectivity index (χ0) is 12.5. The van der Waals surface area contributed by atoms with Crippen molar-refractivity contribution in [3.05, 3.63) is 28.2 Å². The Morgan fingerprint density at radius 1 is 1.53 bits per heavy atom. The fourth-order valence-electron chi connectivity index (χ4n) is 2.36. The average Bonchev–Trinajstić information content (AvgIpc) is 2.59. The predicted molar refractivity (Wildman–Crippen MR) is 80.8 cm³/mol. The summed E-state index contributed by atoms with van der Waals surface area (Å²) in [5.74, 6) is 1.19. The molecule has 1 aliphatic rings. The zero-order valence-electron chi connectivity index (χ0n) is 10.3. The molecular formula is C13H19BrN2S. The molecule has 0 bridgehead atoms. The van der Waals surface area contributed by atoms with Crippen molar-refractivity contribution in [2.75, 3.05) is 17.6 Å². The number of thioether (sulfide) groups is 1. The van der Waals surface area contributed by atoms with Crippen LogP contribution in [0.4, 0.5) is 5.69 Å². The molecule has 2 unspecified atom stereocenters. The third kappa shape index (κ3) is 2.80. The number of nitrogens with one attached hydrogen (secondary N) is 1. The van der Waals surface area contributed by atoms with Gasteiger partial charge in [0.2, 0.25) is 0 Å². The van der Waals surface area contributed by atoms with Gasteiger partial charge in [-0.2, -0.15) is 11.8 Å². The molecule has 1 heterocycles. The summed E-state index contributed by atoms with van der Waals surface area (Å²) in [4.78, 5) is 0. The molecule has 1 saturated heterocycles. The molecule has 2 nitrogen and oxygen atoms in total. The van der Waals surface area contributed by atoms with E-state index in [0.717, 1.165) is 16.6 Å². The molecule has 0 aromatic heterocycles. The highest BCUT2D eigenvalue weighted by atomic mass is 79.9. The van der Waals surface area contributed by atoms with Crippen molar-refractivity contribution in [3.63, 3.8) is 0 Å². The zero-order valence-corrected chi connectivity index (χ0v) is 12.7. The minimum absolute atomic E-state index is 0.0535. The van der Waals surface area contributed by atoms with Gasteiger partial charge in [0, 0.05) is 22.0 Å². The smallest absolute Gasteiger partial charge is 0.0619 e. The number of rotatable bonds is 3. The van der Waals surface area contributed by atoms with Crippen LogP contribution in [0.2, 0.25) is 0 Å². The lowest BCUT2D eigenvalue weighted by atomic mass is 9.92. The highest BCUT2D eigenvalue weighted by molar-refractivity contribution is 9.10. The number of nitrogens with two attached hydrogens (primary N) is 1. The Kier molecular flexibility index (Phi) is 4.06. The molecule has 0 saturated carbocycles. The summed E-state index contributed by atoms with van der Waals surface area (Å²) in [6, 6.07) is 6.42. The van der Waals surface area contributed by atoms with E-state index in [1.165, 1.54) is 11.3 Å². The molecule has 4 heteroatoms. The van der Waals surface area contributed by atoms with Crippen LogP contribution in [-0.4, -0.2) is 23.1 Å². The van der Waals surface area contributed by atoms with Crippen LogP contribution in [0.25, 0.3) is 0 Å². The first-order valence-corrected chi connectivity index (χ1v) is 7.77. The predicted octanol–water partition coefficient (Wildman–Crippen LogP) is 3.39. The number of hydrogen-bond acceptors (Lipinski definition) is 3. The van der Waals surface area contributed by atoms with E-state index in [9.17, 15) is 0 Å². The maximum Gasteiger partial charge on any atom is 0.0619 e. The van der Waals surface area contributed by atoms with Crippen molar-refractivity contribution in [3.8, 4) is 0 Å². The second-order valence-electron chi connectivity index (χ2n) is 4.77. The summed E-state index contributed by atoms with van der Waals surface area (Å²) in [6.07, 6.45) is 1.14. The van der Waals surface area contributed by atoms with Gasteiger partial charge in [0.15, 0.2) is 0 Å². The SMILES string of the molecule is Cc1cc(Br)cc(NC2(CN)CCSC2C)c1. The quantitative estimate of drug-likeness (QED) is 0.898. The van der Waals surface area contributed by atoms with Gasteiger partial charge >= 0.3 is 0 Å². The standard InChI is InChI=1S/C13H19BrN2S/c1-9-5-11(14)7-12(6-9)16-13(8-15)3-4-17-10(13)2/h5-7,10,16H,3-4,8,15H2,1-2H3. The van der Waals surface area contributed by atoms with Gasteiger partial charge in [-0.15, -0.1) is 0 Å². The molecule has 2 rings (SSSR count). The number of aryl methyl sites for hydroxylation is 1. The lowest BCUT2D eigenvalue weighted by Gasteiger charge is -2.34. The number of halogens is 1. The number of anilines is 1. The maximum absolute atomic E-state index is 6.00. The monoisotopic (exact) mass is 314 g/mol. The summed E-state index contributed by atoms with van der Waals surface area (Å²) in [5, 5.41) is 4.22. The van der Waals surface area contributed by atoms with Crippen molar-refractivity contribution in [2.45, 2.75) is 31.1 Å². The molecule has 0 spiro atoms. The normalized spacial score (nSPS) is 28.4. The Hall–Kier alpha value is -0.190. The van der Waals surface area contributed by atoms with Crippen LogP contribution in [-0.2, 0) is 0 Å². The van der Waals surface area contributed by atoms with Crippen LogP contribution < -0.4 is 11.1 Å². The molecule has 1 aromatic carbocycles. The van der Waals surface area contributed by atoms with Crippen LogP contribution in [0.1, 0.15) is 18.9 Å². The van der Waals surface area contributed by atoms with E-state index in [2.05, 4.69) is 53.3 Å². The molecule has 2 atom stereocenters. The van der Waals surface area contributed by atoms with E-state index >= 15 is 0 Å². The molecule has 17 heavy (non-hydrogen) atoms. The van der Waals surface area contributed by atoms with Crippen LogP contribution >= 0.6 is 27.7 Å². The van der Waals surface area contributed by atoms with Crippen molar-refractivity contribution in [1.82, 2.24) is 0 Å². The molecule has 1 fully saturated rings. The highest BCUT2D eigenvalue weighted by Gasteiger charge is 2.39. The second kappa shape index (κ2) is 5.21. The molecule has 94 valence electrons. The third-order valence-corrected chi connectivity index (χ3v) is 5.34. The average molecular weight is 315 g/mol. The van der Waals surface area contributed by atoms with Gasteiger partial charge in [0.25, 0.3) is 0 Å². The molecule has 0 radical (unpaired) electrons. The first-order valence-electron chi connectivity index (χ1n) is 5.93. The fraction of sp³-hybridized carbons (Fsp3) is 0.538. The van der Waals surface area contributed by atoms with Gasteiger partial charge in [-0.3, -0.25) is 0 Å². The van der Waals surface area contributed by atoms with Gasteiger partial charge in [-0.1, -0.05) is 22.9 Å². The van der Waals surface area contributed by atoms with Gasteiger partial charge in [0.1, 0.15) is 0 Å². The molecule has 1 aromatic rings. The Balaban J connectivity index is 2.24. The molecular weight excluding hydrogens is 296 g/mol. The van der Waals surface area contributed by atoms with E-state index in [-0.39, 0.29) is 5.54 Å². The van der Waals surface area contributed by atoms with Gasteiger partial charge in [-0.05, 0) is 42.9 Å². The Bertz CT molecular complexity index is 390. The molecule has 1 aliphatic heterocycles. The van der Waals surface area contributed by atoms with Gasteiger partial charge in [0.05, 0.1) is 5.54 Å². The first kappa shape index (κ1) is 13.2. The highest BCUT2D eigenvalue weighted by Crippen LogP contribution is 2.38. The fourth-order valence-corrected chi connectivity index (χ4v) is 4.40. The third-order valence-electron chi connectivity index (χ3n) is 3.49. The first-order chi connectivity index (χ1) is 8.05. The number of hydrogen-bond donors (Lipinski definition) is 2. The number of benzene rings is 1. The largest absolute Gasteiger partial charge is 0.377 e. The van der Waals surface area contributed by atoms with E-state index < -0.39 is 0 Å². The van der Waals surface area contributed by atoms with Gasteiger partial charge in [-0.25, -0.2) is 0 Å². The Labute approximate surface area is 116 Å². The molecule has 0 amide bonds. The summed E-state index contributed by atoms with van der Waals surface area (Å²) < 4.78 is 1.12. The van der Waals surface area contributed by atoms with Gasteiger partial charge < -0.3 is 11.1 Å². The minimum atomic E-state index is 0.0535. The van der Waals surface area contributed by atoms with Crippen LogP contribution in [0.5, 0.6) is 0 Å². The van der Waals surface area contributed by atoms with Crippen molar-refractivity contribution >= 4 is 33.4 Å². The van der Waals surface area contributed by atoms with Crippen molar-refractivity contribution in [1.29, 1.82) is 0 Å². The van der Waals surface area contributed by atoms with E-state index in [0.29, 0.717) is 11.8 Å². The molecule has 3 N–H and O–H groups in total. The van der Waals surface area contributed by atoms with Crippen LogP contribution in [0, 0.1) is 6.92 Å². The lowest BCUT2D eigenvalue weighted by Crippen LogP contribution is -2.49. The summed E-state index contributed by atoms with van der Waals surface area (Å²) in [5.41, 5.74) is 8.47. The van der Waals surface area contributed by atoms with Crippen molar-refractivity contribution in [2.24, 2.45) is 5.73 Å². The second-order valence-corrected chi connectivity index (χ2v) is 7.13. The maximum atomic E-state index is 6.00.